The summed E-state index contributed by atoms with van der Waals surface area (Å²) in [5.41, 5.74) is 0.866. The SMILES string of the molecule is CCOC(=O)/C=C/c1c(OC)c2ccccc2n(C)c1=O. The fraction of sp³-hybridized carbons (Fsp3) is 0.250. The molecule has 0 amide bonds. The van der Waals surface area contributed by atoms with Crippen molar-refractivity contribution in [1.29, 1.82) is 0 Å². The number of carbonyl (C=O) groups is 1. The molecule has 1 heterocycles. The van der Waals surface area contributed by atoms with E-state index in [4.69, 9.17) is 9.47 Å². The van der Waals surface area contributed by atoms with Crippen molar-refractivity contribution in [2.75, 3.05) is 13.7 Å². The lowest BCUT2D eigenvalue weighted by molar-refractivity contribution is -0.137. The number of aryl methyl sites for hydroxylation is 1. The third-order valence-electron chi connectivity index (χ3n) is 3.17. The van der Waals surface area contributed by atoms with E-state index in [1.807, 2.05) is 24.3 Å². The maximum Gasteiger partial charge on any atom is 0.330 e. The molecule has 0 aliphatic heterocycles. The summed E-state index contributed by atoms with van der Waals surface area (Å²) in [6.07, 6.45) is 2.67. The van der Waals surface area contributed by atoms with Gasteiger partial charge in [0.2, 0.25) is 0 Å². The highest BCUT2D eigenvalue weighted by Gasteiger charge is 2.13. The standard InChI is InChI=1S/C16H17NO4/c1-4-21-14(18)10-9-12-15(20-3)11-7-5-6-8-13(11)17(2)16(12)19/h5-10H,4H2,1-3H3/b10-9+. The molecule has 0 N–H and O–H groups in total. The zero-order chi connectivity index (χ0) is 15.4. The van der Waals surface area contributed by atoms with Gasteiger partial charge in [0, 0.05) is 18.5 Å². The van der Waals surface area contributed by atoms with Crippen molar-refractivity contribution in [2.45, 2.75) is 6.92 Å². The van der Waals surface area contributed by atoms with Gasteiger partial charge in [-0.1, -0.05) is 12.1 Å². The third-order valence-corrected chi connectivity index (χ3v) is 3.17. The number of methoxy groups -OCH3 is 1. The summed E-state index contributed by atoms with van der Waals surface area (Å²) in [6.45, 7) is 2.01. The van der Waals surface area contributed by atoms with Gasteiger partial charge in [-0.25, -0.2) is 4.79 Å². The molecule has 0 saturated heterocycles. The van der Waals surface area contributed by atoms with Crippen LogP contribution in [0.5, 0.6) is 5.75 Å². The largest absolute Gasteiger partial charge is 0.495 e. The molecular formula is C16H17NO4. The van der Waals surface area contributed by atoms with Crippen LogP contribution in [0.15, 0.2) is 35.1 Å². The molecule has 0 atom stereocenters. The van der Waals surface area contributed by atoms with Crippen LogP contribution in [-0.4, -0.2) is 24.3 Å². The molecule has 5 heteroatoms. The first-order chi connectivity index (χ1) is 10.1. The Morgan fingerprint density at radius 1 is 1.33 bits per heavy atom. The third kappa shape index (κ3) is 2.81. The predicted octanol–water partition coefficient (Wildman–Crippen LogP) is 2.12. The molecule has 0 bridgehead atoms. The van der Waals surface area contributed by atoms with E-state index in [2.05, 4.69) is 0 Å². The number of esters is 1. The Balaban J connectivity index is 2.65. The first-order valence-electron chi connectivity index (χ1n) is 6.60. The number of rotatable bonds is 4. The van der Waals surface area contributed by atoms with E-state index in [0.29, 0.717) is 11.3 Å². The van der Waals surface area contributed by atoms with Crippen LogP contribution in [0.2, 0.25) is 0 Å². The van der Waals surface area contributed by atoms with Crippen LogP contribution in [0.4, 0.5) is 0 Å². The minimum absolute atomic E-state index is 0.230. The van der Waals surface area contributed by atoms with Gasteiger partial charge in [-0.05, 0) is 25.1 Å². The minimum atomic E-state index is -0.491. The quantitative estimate of drug-likeness (QED) is 0.638. The number of para-hydroxylation sites is 1. The molecule has 1 aromatic carbocycles. The van der Waals surface area contributed by atoms with Gasteiger partial charge in [0.1, 0.15) is 5.75 Å². The van der Waals surface area contributed by atoms with Crippen molar-refractivity contribution in [3.63, 3.8) is 0 Å². The fourth-order valence-electron chi connectivity index (χ4n) is 2.20. The number of aromatic nitrogens is 1. The van der Waals surface area contributed by atoms with Crippen molar-refractivity contribution < 1.29 is 14.3 Å². The van der Waals surface area contributed by atoms with Crippen molar-refractivity contribution in [2.24, 2.45) is 7.05 Å². The number of ether oxygens (including phenoxy) is 2. The highest BCUT2D eigenvalue weighted by atomic mass is 16.5. The monoisotopic (exact) mass is 287 g/mol. The van der Waals surface area contributed by atoms with E-state index in [9.17, 15) is 9.59 Å². The Bertz CT molecular complexity index is 759. The molecule has 0 aliphatic carbocycles. The average Bonchev–Trinajstić information content (AvgIpc) is 2.49. The fourth-order valence-corrected chi connectivity index (χ4v) is 2.20. The topological polar surface area (TPSA) is 57.5 Å². The van der Waals surface area contributed by atoms with Crippen LogP contribution < -0.4 is 10.3 Å². The molecule has 2 aromatic rings. The lowest BCUT2D eigenvalue weighted by Gasteiger charge is -2.12. The Kier molecular flexibility index (Phi) is 4.42. The van der Waals surface area contributed by atoms with E-state index in [1.54, 1.807) is 14.0 Å². The second-order valence-corrected chi connectivity index (χ2v) is 4.41. The van der Waals surface area contributed by atoms with E-state index in [1.165, 1.54) is 23.8 Å². The second-order valence-electron chi connectivity index (χ2n) is 4.41. The number of carbonyl (C=O) groups excluding carboxylic acids is 1. The summed E-state index contributed by atoms with van der Waals surface area (Å²) in [5, 5.41) is 0.811. The molecule has 0 radical (unpaired) electrons. The lowest BCUT2D eigenvalue weighted by Crippen LogP contribution is -2.20. The first-order valence-corrected chi connectivity index (χ1v) is 6.60. The number of hydrogen-bond donors (Lipinski definition) is 0. The summed E-state index contributed by atoms with van der Waals surface area (Å²) >= 11 is 0. The molecule has 1 aromatic heterocycles. The Labute approximate surface area is 122 Å². The Morgan fingerprint density at radius 3 is 2.71 bits per heavy atom. The number of hydrogen-bond acceptors (Lipinski definition) is 4. The number of pyridine rings is 1. The average molecular weight is 287 g/mol. The van der Waals surface area contributed by atoms with Crippen molar-refractivity contribution in [3.05, 3.63) is 46.3 Å². The molecule has 5 nitrogen and oxygen atoms in total. The summed E-state index contributed by atoms with van der Waals surface area (Å²) in [6, 6.07) is 7.44. The zero-order valence-electron chi connectivity index (χ0n) is 12.3. The lowest BCUT2D eigenvalue weighted by atomic mass is 10.1. The van der Waals surface area contributed by atoms with Gasteiger partial charge in [-0.3, -0.25) is 4.79 Å². The van der Waals surface area contributed by atoms with Gasteiger partial charge in [0.05, 0.1) is 24.8 Å². The van der Waals surface area contributed by atoms with E-state index in [0.717, 1.165) is 10.9 Å². The zero-order valence-corrected chi connectivity index (χ0v) is 12.3. The first kappa shape index (κ1) is 14.8. The van der Waals surface area contributed by atoms with Crippen molar-refractivity contribution in [1.82, 2.24) is 4.57 Å². The van der Waals surface area contributed by atoms with Gasteiger partial charge in [-0.2, -0.15) is 0 Å². The molecule has 0 aliphatic rings. The van der Waals surface area contributed by atoms with E-state index >= 15 is 0 Å². The maximum atomic E-state index is 12.4. The van der Waals surface area contributed by atoms with Gasteiger partial charge in [-0.15, -0.1) is 0 Å². The molecular weight excluding hydrogens is 270 g/mol. The Hall–Kier alpha value is -2.56. The Morgan fingerprint density at radius 2 is 2.05 bits per heavy atom. The molecule has 21 heavy (non-hydrogen) atoms. The van der Waals surface area contributed by atoms with Crippen molar-refractivity contribution in [3.8, 4) is 5.75 Å². The van der Waals surface area contributed by atoms with Gasteiger partial charge in [0.25, 0.3) is 5.56 Å². The van der Waals surface area contributed by atoms with Crippen LogP contribution in [0.3, 0.4) is 0 Å². The van der Waals surface area contributed by atoms with Gasteiger partial charge < -0.3 is 14.0 Å². The van der Waals surface area contributed by atoms with Crippen molar-refractivity contribution >= 4 is 22.9 Å². The van der Waals surface area contributed by atoms with Crippen LogP contribution in [0.1, 0.15) is 12.5 Å². The smallest absolute Gasteiger partial charge is 0.330 e. The molecule has 0 saturated carbocycles. The molecule has 110 valence electrons. The number of benzene rings is 1. The summed E-state index contributed by atoms with van der Waals surface area (Å²) in [4.78, 5) is 23.8. The minimum Gasteiger partial charge on any atom is -0.495 e. The summed E-state index contributed by atoms with van der Waals surface area (Å²) in [5.74, 6) is -0.0380. The van der Waals surface area contributed by atoms with Crippen LogP contribution in [0.25, 0.3) is 17.0 Å². The molecule has 0 unspecified atom stereocenters. The highest BCUT2D eigenvalue weighted by molar-refractivity contribution is 5.92. The molecule has 2 rings (SSSR count). The predicted molar refractivity (Wildman–Crippen MR) is 81.4 cm³/mol. The normalized spacial score (nSPS) is 11.0. The summed E-state index contributed by atoms with van der Waals surface area (Å²) < 4.78 is 11.7. The van der Waals surface area contributed by atoms with Crippen LogP contribution in [0, 0.1) is 0 Å². The maximum absolute atomic E-state index is 12.4. The second kappa shape index (κ2) is 6.26. The van der Waals surface area contributed by atoms with Crippen LogP contribution >= 0.6 is 0 Å². The highest BCUT2D eigenvalue weighted by Crippen LogP contribution is 2.27. The number of fused-ring (bicyclic) bond motifs is 1. The van der Waals surface area contributed by atoms with E-state index < -0.39 is 5.97 Å². The van der Waals surface area contributed by atoms with Crippen LogP contribution in [-0.2, 0) is 16.6 Å². The summed E-state index contributed by atoms with van der Waals surface area (Å²) in [7, 11) is 3.19. The molecule has 0 fully saturated rings. The number of nitrogens with zero attached hydrogens (tertiary/aromatic N) is 1. The molecule has 0 spiro atoms. The van der Waals surface area contributed by atoms with Gasteiger partial charge >= 0.3 is 5.97 Å². The van der Waals surface area contributed by atoms with E-state index in [-0.39, 0.29) is 12.2 Å². The van der Waals surface area contributed by atoms with Gasteiger partial charge in [0.15, 0.2) is 0 Å².